The van der Waals surface area contributed by atoms with Crippen molar-refractivity contribution in [2.24, 2.45) is 0 Å². The summed E-state index contributed by atoms with van der Waals surface area (Å²) in [5, 5.41) is 22.0. The quantitative estimate of drug-likeness (QED) is 0.695. The first-order valence-corrected chi connectivity index (χ1v) is 9.77. The predicted octanol–water partition coefficient (Wildman–Crippen LogP) is 1.21. The Morgan fingerprint density at radius 2 is 0.862 bits per heavy atom. The summed E-state index contributed by atoms with van der Waals surface area (Å²) in [6.07, 6.45) is 0. The van der Waals surface area contributed by atoms with E-state index >= 15 is 0 Å². The highest BCUT2D eigenvalue weighted by Crippen LogP contribution is 2.32. The van der Waals surface area contributed by atoms with Crippen molar-refractivity contribution in [3.8, 4) is 0 Å². The normalized spacial score (nSPS) is 10.8. The first kappa shape index (κ1) is 26.6. The molecule has 0 N–H and O–H groups in total. The van der Waals surface area contributed by atoms with Crippen LogP contribution in [0.5, 0.6) is 0 Å². The van der Waals surface area contributed by atoms with Crippen LogP contribution in [0, 0.1) is 0 Å². The highest BCUT2D eigenvalue weighted by molar-refractivity contribution is 7.99. The van der Waals surface area contributed by atoms with Gasteiger partial charge in [0.05, 0.1) is 68.3 Å². The maximum absolute atomic E-state index is 11.0. The van der Waals surface area contributed by atoms with Gasteiger partial charge in [-0.25, -0.2) is 0 Å². The van der Waals surface area contributed by atoms with Crippen LogP contribution in [0.1, 0.15) is 20.7 Å². The van der Waals surface area contributed by atoms with E-state index in [0.29, 0.717) is 9.79 Å². The van der Waals surface area contributed by atoms with E-state index in [1.54, 1.807) is 36.4 Å². The van der Waals surface area contributed by atoms with E-state index in [9.17, 15) is 19.8 Å². The molecule has 0 aliphatic carbocycles. The van der Waals surface area contributed by atoms with E-state index in [1.807, 2.05) is 0 Å². The Bertz CT molecular complexity index is 729. The van der Waals surface area contributed by atoms with E-state index in [0.717, 1.165) is 20.7 Å². The molecule has 0 aromatic heterocycles. The summed E-state index contributed by atoms with van der Waals surface area (Å²) >= 11 is 1.06. The van der Waals surface area contributed by atoms with Gasteiger partial charge in [0, 0.05) is 20.9 Å². The highest BCUT2D eigenvalue weighted by Gasteiger charge is 2.08. The Hall–Kier alpha value is -2.35. The maximum Gasteiger partial charge on any atom is 0.0726 e. The zero-order valence-corrected chi connectivity index (χ0v) is 19.4. The van der Waals surface area contributed by atoms with Gasteiger partial charge in [-0.3, -0.25) is 0 Å². The van der Waals surface area contributed by atoms with E-state index in [2.05, 4.69) is 56.4 Å². The minimum absolute atomic E-state index is 0.0284. The van der Waals surface area contributed by atoms with Crippen LogP contribution in [0.2, 0.25) is 0 Å². The fourth-order valence-electron chi connectivity index (χ4n) is 1.57. The van der Waals surface area contributed by atoms with Gasteiger partial charge in [-0.1, -0.05) is 48.2 Å². The van der Waals surface area contributed by atoms with Gasteiger partial charge in [0.15, 0.2) is 0 Å². The number of carboxylic acids is 2. The summed E-state index contributed by atoms with van der Waals surface area (Å²) in [6.45, 7) is 0. The minimum Gasteiger partial charge on any atom is -0.545 e. The molecule has 0 aliphatic heterocycles. The van der Waals surface area contributed by atoms with Crippen molar-refractivity contribution in [1.29, 1.82) is 0 Å². The standard InChI is InChI=1S/C14H10O4S.2C4H12N/c15-13(16)9-5-1-3-7-11(9)19-12-8-4-2-6-10(12)14(17)18;2*1-5(2,3)4/h1-8H,(H,15,16)(H,17,18);2*1-4H3/q;2*+1/p-2. The summed E-state index contributed by atoms with van der Waals surface area (Å²) in [4.78, 5) is 22.8. The molecule has 0 spiro atoms. The molecular formula is C22H32N2O4S. The van der Waals surface area contributed by atoms with Crippen LogP contribution in [-0.4, -0.2) is 77.3 Å². The zero-order valence-electron chi connectivity index (χ0n) is 18.6. The van der Waals surface area contributed by atoms with Crippen LogP contribution in [0.4, 0.5) is 0 Å². The third kappa shape index (κ3) is 14.3. The van der Waals surface area contributed by atoms with Gasteiger partial charge in [0.1, 0.15) is 0 Å². The molecule has 0 saturated heterocycles. The average molecular weight is 421 g/mol. The second kappa shape index (κ2) is 11.6. The number of rotatable bonds is 4. The third-order valence-corrected chi connectivity index (χ3v) is 3.59. The molecule has 0 heterocycles. The maximum atomic E-state index is 11.0. The summed E-state index contributed by atoms with van der Waals surface area (Å²) in [7, 11) is 17.0. The number of aromatic carboxylic acids is 2. The second-order valence-corrected chi connectivity index (χ2v) is 10.1. The number of nitrogens with zero attached hydrogens (tertiary/aromatic N) is 2. The van der Waals surface area contributed by atoms with Gasteiger partial charge >= 0.3 is 0 Å². The molecule has 7 heteroatoms. The van der Waals surface area contributed by atoms with Gasteiger partial charge in [-0.2, -0.15) is 0 Å². The molecule has 0 unspecified atom stereocenters. The number of carbonyl (C=O) groups is 2. The Balaban J connectivity index is 0.000000653. The topological polar surface area (TPSA) is 80.3 Å². The number of carbonyl (C=O) groups excluding carboxylic acids is 2. The number of hydrogen-bond donors (Lipinski definition) is 0. The first-order chi connectivity index (χ1) is 13.1. The van der Waals surface area contributed by atoms with E-state index in [4.69, 9.17) is 0 Å². The van der Waals surface area contributed by atoms with Crippen molar-refractivity contribution in [3.05, 3.63) is 59.7 Å². The van der Waals surface area contributed by atoms with Crippen LogP contribution < -0.4 is 10.2 Å². The lowest BCUT2D eigenvalue weighted by atomic mass is 10.2. The van der Waals surface area contributed by atoms with Crippen LogP contribution in [0.25, 0.3) is 0 Å². The third-order valence-electron chi connectivity index (χ3n) is 2.43. The summed E-state index contributed by atoms with van der Waals surface area (Å²) < 4.78 is 2.00. The summed E-state index contributed by atoms with van der Waals surface area (Å²) in [6, 6.07) is 12.6. The van der Waals surface area contributed by atoms with Crippen molar-refractivity contribution in [2.75, 3.05) is 56.4 Å². The van der Waals surface area contributed by atoms with Crippen LogP contribution in [0.15, 0.2) is 58.3 Å². The van der Waals surface area contributed by atoms with Crippen molar-refractivity contribution in [3.63, 3.8) is 0 Å². The second-order valence-electron chi connectivity index (χ2n) is 9.04. The fraction of sp³-hybridized carbons (Fsp3) is 0.364. The molecular weight excluding hydrogens is 388 g/mol. The SMILES string of the molecule is C[N+](C)(C)C.C[N+](C)(C)C.O=C([O-])c1ccccc1Sc1ccccc1C(=O)[O-]. The molecule has 2 aromatic carbocycles. The predicted molar refractivity (Wildman–Crippen MR) is 114 cm³/mol. The molecule has 0 radical (unpaired) electrons. The number of carboxylic acid groups (broad SMARTS) is 2. The lowest BCUT2D eigenvalue weighted by Crippen LogP contribution is -2.27. The van der Waals surface area contributed by atoms with E-state index < -0.39 is 11.9 Å². The Morgan fingerprint density at radius 1 is 0.621 bits per heavy atom. The molecule has 6 nitrogen and oxygen atoms in total. The number of hydrogen-bond acceptors (Lipinski definition) is 5. The summed E-state index contributed by atoms with van der Waals surface area (Å²) in [5.74, 6) is -2.59. The monoisotopic (exact) mass is 420 g/mol. The number of quaternary nitrogens is 2. The van der Waals surface area contributed by atoms with Gasteiger partial charge < -0.3 is 28.8 Å². The molecule has 2 aromatic rings. The van der Waals surface area contributed by atoms with Crippen LogP contribution in [0.3, 0.4) is 0 Å². The van der Waals surface area contributed by atoms with Crippen molar-refractivity contribution in [2.45, 2.75) is 9.79 Å². The van der Waals surface area contributed by atoms with Gasteiger partial charge in [0.25, 0.3) is 0 Å². The lowest BCUT2D eigenvalue weighted by molar-refractivity contribution is -0.849. The van der Waals surface area contributed by atoms with Gasteiger partial charge in [-0.05, 0) is 12.1 Å². The molecule has 29 heavy (non-hydrogen) atoms. The lowest BCUT2D eigenvalue weighted by Gasteiger charge is -2.14. The van der Waals surface area contributed by atoms with Gasteiger partial charge in [0.2, 0.25) is 0 Å². The van der Waals surface area contributed by atoms with Crippen LogP contribution >= 0.6 is 11.8 Å². The molecule has 0 fully saturated rings. The van der Waals surface area contributed by atoms with Crippen molar-refractivity contribution >= 4 is 23.7 Å². The van der Waals surface area contributed by atoms with Crippen LogP contribution in [-0.2, 0) is 0 Å². The highest BCUT2D eigenvalue weighted by atomic mass is 32.2. The Morgan fingerprint density at radius 3 is 1.10 bits per heavy atom. The first-order valence-electron chi connectivity index (χ1n) is 8.96. The van der Waals surface area contributed by atoms with Crippen molar-refractivity contribution in [1.82, 2.24) is 0 Å². The van der Waals surface area contributed by atoms with E-state index in [-0.39, 0.29) is 11.1 Å². The van der Waals surface area contributed by atoms with Gasteiger partial charge in [-0.15, -0.1) is 0 Å². The molecule has 0 bridgehead atoms. The molecule has 0 aliphatic rings. The minimum atomic E-state index is -1.30. The Labute approximate surface area is 178 Å². The zero-order chi connectivity index (χ0) is 22.8. The molecule has 2 rings (SSSR count). The smallest absolute Gasteiger partial charge is 0.0726 e. The van der Waals surface area contributed by atoms with E-state index in [1.165, 1.54) is 12.1 Å². The molecule has 0 saturated carbocycles. The Kier molecular flexibility index (Phi) is 10.7. The summed E-state index contributed by atoms with van der Waals surface area (Å²) in [5.41, 5.74) is 0.0568. The molecule has 0 amide bonds. The van der Waals surface area contributed by atoms with Crippen molar-refractivity contribution < 1.29 is 28.8 Å². The molecule has 0 atom stereocenters. The largest absolute Gasteiger partial charge is 0.545 e. The molecule has 160 valence electrons. The number of benzene rings is 2. The fourth-order valence-corrected chi connectivity index (χ4v) is 2.62. The average Bonchev–Trinajstić information content (AvgIpc) is 2.52.